The molecule has 0 aliphatic carbocycles. The molecule has 154 valence electrons. The molecule has 0 spiro atoms. The minimum absolute atomic E-state index is 0.102. The summed E-state index contributed by atoms with van der Waals surface area (Å²) in [4.78, 5) is 30.5. The van der Waals surface area contributed by atoms with Crippen molar-refractivity contribution in [2.75, 3.05) is 43.1 Å². The number of ether oxygens (including phenoxy) is 1. The Labute approximate surface area is 172 Å². The van der Waals surface area contributed by atoms with E-state index in [1.165, 1.54) is 32.7 Å². The van der Waals surface area contributed by atoms with Gasteiger partial charge in [0.1, 0.15) is 0 Å². The Morgan fingerprint density at radius 3 is 2.59 bits per heavy atom. The van der Waals surface area contributed by atoms with Crippen molar-refractivity contribution >= 4 is 44.0 Å². The van der Waals surface area contributed by atoms with Crippen LogP contribution in [0.15, 0.2) is 40.7 Å². The zero-order chi connectivity index (χ0) is 20.4. The first-order valence-corrected chi connectivity index (χ1v) is 11.5. The van der Waals surface area contributed by atoms with Crippen LogP contribution in [0.4, 0.5) is 10.8 Å². The number of carbonyl (C=O) groups excluding carboxylic acids is 2. The van der Waals surface area contributed by atoms with Crippen molar-refractivity contribution in [3.63, 3.8) is 0 Å². The predicted octanol–water partition coefficient (Wildman–Crippen LogP) is 1.16. The van der Waals surface area contributed by atoms with E-state index >= 15 is 0 Å². The number of amides is 2. The fourth-order valence-electron chi connectivity index (χ4n) is 3.36. The second-order valence-electron chi connectivity index (χ2n) is 6.74. The number of nitrogens with zero attached hydrogens (tertiary/aromatic N) is 3. The van der Waals surface area contributed by atoms with Crippen LogP contribution < -0.4 is 10.2 Å². The fourth-order valence-corrected chi connectivity index (χ4v) is 5.30. The van der Waals surface area contributed by atoms with Crippen LogP contribution in [0.2, 0.25) is 0 Å². The summed E-state index contributed by atoms with van der Waals surface area (Å²) in [5, 5.41) is 4.97. The number of thiazole rings is 1. The van der Waals surface area contributed by atoms with Crippen LogP contribution >= 0.6 is 11.3 Å². The molecule has 2 aliphatic rings. The van der Waals surface area contributed by atoms with Crippen molar-refractivity contribution in [1.82, 2.24) is 9.29 Å². The highest BCUT2D eigenvalue weighted by Gasteiger charge is 2.35. The van der Waals surface area contributed by atoms with Crippen molar-refractivity contribution < 1.29 is 22.7 Å². The number of anilines is 2. The molecule has 0 radical (unpaired) electrons. The molecule has 1 N–H and O–H groups in total. The summed E-state index contributed by atoms with van der Waals surface area (Å²) in [6.45, 7) is 1.65. The zero-order valence-corrected chi connectivity index (χ0v) is 17.1. The summed E-state index contributed by atoms with van der Waals surface area (Å²) in [7, 11) is -3.59. The van der Waals surface area contributed by atoms with Gasteiger partial charge in [0.2, 0.25) is 21.8 Å². The first-order valence-electron chi connectivity index (χ1n) is 9.14. The largest absolute Gasteiger partial charge is 0.379 e. The lowest BCUT2D eigenvalue weighted by Gasteiger charge is -2.26. The molecule has 2 aliphatic heterocycles. The van der Waals surface area contributed by atoms with Gasteiger partial charge in [-0.05, 0) is 24.3 Å². The third-order valence-corrected chi connectivity index (χ3v) is 7.52. The van der Waals surface area contributed by atoms with Crippen LogP contribution in [-0.4, -0.2) is 62.4 Å². The molecule has 2 aromatic rings. The Bertz CT molecular complexity index is 986. The Hall–Kier alpha value is -2.34. The fraction of sp³-hybridized carbons (Fsp3) is 0.389. The summed E-state index contributed by atoms with van der Waals surface area (Å²) >= 11 is 1.31. The summed E-state index contributed by atoms with van der Waals surface area (Å²) < 4.78 is 32.0. The minimum atomic E-state index is -3.59. The molecule has 29 heavy (non-hydrogen) atoms. The van der Waals surface area contributed by atoms with Crippen LogP contribution in [0.25, 0.3) is 0 Å². The molecular formula is C18H20N4O5S2. The summed E-state index contributed by atoms with van der Waals surface area (Å²) in [5.41, 5.74) is 0.570. The molecule has 2 fully saturated rings. The van der Waals surface area contributed by atoms with Crippen LogP contribution in [0, 0.1) is 5.92 Å². The Balaban J connectivity index is 1.45. The van der Waals surface area contributed by atoms with E-state index in [9.17, 15) is 18.0 Å². The molecular weight excluding hydrogens is 416 g/mol. The van der Waals surface area contributed by atoms with E-state index in [-0.39, 0.29) is 29.7 Å². The van der Waals surface area contributed by atoms with E-state index in [2.05, 4.69) is 10.3 Å². The normalized spacial score (nSPS) is 20.8. The van der Waals surface area contributed by atoms with E-state index in [1.807, 2.05) is 0 Å². The summed E-state index contributed by atoms with van der Waals surface area (Å²) in [6.07, 6.45) is 1.70. The Kier molecular flexibility index (Phi) is 5.63. The van der Waals surface area contributed by atoms with Gasteiger partial charge >= 0.3 is 0 Å². The molecule has 3 heterocycles. The number of carbonyl (C=O) groups is 2. The average molecular weight is 437 g/mol. The maximum Gasteiger partial charge on any atom is 0.243 e. The smallest absolute Gasteiger partial charge is 0.243 e. The zero-order valence-electron chi connectivity index (χ0n) is 15.5. The number of hydrogen-bond donors (Lipinski definition) is 1. The van der Waals surface area contributed by atoms with Crippen molar-refractivity contribution in [2.24, 2.45) is 5.92 Å². The molecule has 11 heteroatoms. The van der Waals surface area contributed by atoms with Crippen LogP contribution in [-0.2, 0) is 24.3 Å². The van der Waals surface area contributed by atoms with E-state index in [0.29, 0.717) is 37.1 Å². The molecule has 0 unspecified atom stereocenters. The van der Waals surface area contributed by atoms with E-state index in [1.54, 1.807) is 23.7 Å². The lowest BCUT2D eigenvalue weighted by molar-refractivity contribution is -0.122. The van der Waals surface area contributed by atoms with Gasteiger partial charge in [0.25, 0.3) is 0 Å². The van der Waals surface area contributed by atoms with Crippen LogP contribution in [0.3, 0.4) is 0 Å². The van der Waals surface area contributed by atoms with Crippen molar-refractivity contribution in [3.8, 4) is 0 Å². The average Bonchev–Trinajstić information content (AvgIpc) is 3.38. The van der Waals surface area contributed by atoms with Crippen molar-refractivity contribution in [3.05, 3.63) is 35.8 Å². The summed E-state index contributed by atoms with van der Waals surface area (Å²) in [6, 6.07) is 6.20. The number of hydrogen-bond acceptors (Lipinski definition) is 7. The number of rotatable bonds is 5. The topological polar surface area (TPSA) is 109 Å². The maximum atomic E-state index is 12.7. The van der Waals surface area contributed by atoms with Gasteiger partial charge in [0.05, 0.1) is 24.0 Å². The van der Waals surface area contributed by atoms with Gasteiger partial charge in [-0.25, -0.2) is 13.4 Å². The van der Waals surface area contributed by atoms with E-state index in [4.69, 9.17) is 4.74 Å². The predicted molar refractivity (Wildman–Crippen MR) is 107 cm³/mol. The Morgan fingerprint density at radius 1 is 1.21 bits per heavy atom. The van der Waals surface area contributed by atoms with Crippen LogP contribution in [0.5, 0.6) is 0 Å². The Morgan fingerprint density at radius 2 is 1.93 bits per heavy atom. The minimum Gasteiger partial charge on any atom is -0.379 e. The van der Waals surface area contributed by atoms with Gasteiger partial charge < -0.3 is 15.0 Å². The van der Waals surface area contributed by atoms with Crippen molar-refractivity contribution in [1.29, 1.82) is 0 Å². The van der Waals surface area contributed by atoms with Gasteiger partial charge in [0, 0.05) is 43.3 Å². The molecule has 1 aromatic carbocycles. The van der Waals surface area contributed by atoms with Crippen molar-refractivity contribution in [2.45, 2.75) is 11.3 Å². The highest BCUT2D eigenvalue weighted by atomic mass is 32.2. The lowest BCUT2D eigenvalue weighted by atomic mass is 10.1. The number of sulfonamides is 1. The van der Waals surface area contributed by atoms with Gasteiger partial charge in [0.15, 0.2) is 5.13 Å². The first-order chi connectivity index (χ1) is 13.9. The third kappa shape index (κ3) is 4.17. The third-order valence-electron chi connectivity index (χ3n) is 4.91. The number of benzene rings is 1. The summed E-state index contributed by atoms with van der Waals surface area (Å²) in [5.74, 6) is -0.904. The second-order valence-corrected chi connectivity index (χ2v) is 9.57. The van der Waals surface area contributed by atoms with Gasteiger partial charge in [-0.1, -0.05) is 0 Å². The lowest BCUT2D eigenvalue weighted by Crippen LogP contribution is -2.40. The molecule has 2 amide bonds. The monoisotopic (exact) mass is 436 g/mol. The van der Waals surface area contributed by atoms with E-state index in [0.717, 1.165) is 0 Å². The van der Waals surface area contributed by atoms with E-state index < -0.39 is 15.9 Å². The standard InChI is InChI=1S/C18H20N4O5S2/c23-16-11-13(17(24)20-18-19-5-10-28-18)12-22(16)14-1-3-15(4-2-14)29(25,26)21-6-8-27-9-7-21/h1-5,10,13H,6-9,11-12H2,(H,19,20,24)/t13-/m0/s1. The SMILES string of the molecule is O=C(Nc1nccs1)[C@H]1CC(=O)N(c2ccc(S(=O)(=O)N3CCOCC3)cc2)C1. The molecule has 0 saturated carbocycles. The van der Waals surface area contributed by atoms with Gasteiger partial charge in [-0.2, -0.15) is 4.31 Å². The maximum absolute atomic E-state index is 12.7. The molecule has 0 bridgehead atoms. The number of morpholine rings is 1. The first kappa shape index (κ1) is 20.0. The van der Waals surface area contributed by atoms with Crippen LogP contribution in [0.1, 0.15) is 6.42 Å². The quantitative estimate of drug-likeness (QED) is 0.753. The highest BCUT2D eigenvalue weighted by molar-refractivity contribution is 7.89. The highest BCUT2D eigenvalue weighted by Crippen LogP contribution is 2.28. The van der Waals surface area contributed by atoms with Gasteiger partial charge in [-0.15, -0.1) is 11.3 Å². The molecule has 2 saturated heterocycles. The second kappa shape index (κ2) is 8.19. The molecule has 1 aromatic heterocycles. The van der Waals surface area contributed by atoms with Gasteiger partial charge in [-0.3, -0.25) is 9.59 Å². The number of aromatic nitrogens is 1. The molecule has 1 atom stereocenters. The molecule has 9 nitrogen and oxygen atoms in total. The molecule has 4 rings (SSSR count). The number of nitrogens with one attached hydrogen (secondary N) is 1.